The molecule has 28 heavy (non-hydrogen) atoms. The number of hydrogen-bond donors (Lipinski definition) is 2. The Morgan fingerprint density at radius 1 is 1.07 bits per heavy atom. The number of carbonyl (C=O) groups is 1. The molecule has 0 saturated heterocycles. The molecule has 1 amide bonds. The van der Waals surface area contributed by atoms with Crippen molar-refractivity contribution in [1.29, 1.82) is 0 Å². The lowest BCUT2D eigenvalue weighted by atomic mass is 10.1. The zero-order chi connectivity index (χ0) is 20.5. The van der Waals surface area contributed by atoms with Gasteiger partial charge in [0.25, 0.3) is 5.91 Å². The molecular weight excluding hydrogens is 366 g/mol. The van der Waals surface area contributed by atoms with Gasteiger partial charge in [-0.1, -0.05) is 30.3 Å². The van der Waals surface area contributed by atoms with Crippen molar-refractivity contribution < 1.29 is 18.3 Å². The standard InChI is InChI=1S/C20H24F2N4O2/c1-23-20(25-13-16-6-4-5-7-17(16)28-19(21)22)24-12-14-8-10-15(11-9-14)18(27)26(2)3/h4-11,19H,12-13H2,1-3H3,(H2,23,24,25). The number of alkyl halides is 2. The van der Waals surface area contributed by atoms with Gasteiger partial charge in [-0.15, -0.1) is 0 Å². The van der Waals surface area contributed by atoms with Crippen molar-refractivity contribution in [2.45, 2.75) is 19.7 Å². The van der Waals surface area contributed by atoms with Crippen LogP contribution in [-0.4, -0.2) is 44.5 Å². The van der Waals surface area contributed by atoms with Crippen LogP contribution in [-0.2, 0) is 13.1 Å². The second kappa shape index (κ2) is 10.2. The van der Waals surface area contributed by atoms with E-state index in [0.717, 1.165) is 5.56 Å². The lowest BCUT2D eigenvalue weighted by molar-refractivity contribution is -0.0504. The predicted molar refractivity (Wildman–Crippen MR) is 105 cm³/mol. The van der Waals surface area contributed by atoms with Gasteiger partial charge in [0.1, 0.15) is 5.75 Å². The minimum Gasteiger partial charge on any atom is -0.434 e. The maximum absolute atomic E-state index is 12.5. The highest BCUT2D eigenvalue weighted by molar-refractivity contribution is 5.93. The summed E-state index contributed by atoms with van der Waals surface area (Å²) in [6.45, 7) is -2.11. The van der Waals surface area contributed by atoms with Gasteiger partial charge in [0.2, 0.25) is 0 Å². The maximum Gasteiger partial charge on any atom is 0.387 e. The monoisotopic (exact) mass is 390 g/mol. The molecule has 0 aromatic heterocycles. The van der Waals surface area contributed by atoms with Crippen LogP contribution in [0.15, 0.2) is 53.5 Å². The molecule has 0 fully saturated rings. The number of hydrogen-bond acceptors (Lipinski definition) is 3. The number of halogens is 2. The number of amides is 1. The van der Waals surface area contributed by atoms with Crippen LogP contribution in [0.4, 0.5) is 8.78 Å². The number of aliphatic imine (C=N–C) groups is 1. The highest BCUT2D eigenvalue weighted by atomic mass is 19.3. The van der Waals surface area contributed by atoms with Gasteiger partial charge in [0.05, 0.1) is 0 Å². The van der Waals surface area contributed by atoms with Crippen LogP contribution in [0.1, 0.15) is 21.5 Å². The van der Waals surface area contributed by atoms with Gasteiger partial charge in [0.15, 0.2) is 5.96 Å². The van der Waals surface area contributed by atoms with E-state index in [9.17, 15) is 13.6 Å². The quantitative estimate of drug-likeness (QED) is 0.564. The van der Waals surface area contributed by atoms with Crippen LogP contribution < -0.4 is 15.4 Å². The molecule has 0 atom stereocenters. The molecule has 0 unspecified atom stereocenters. The summed E-state index contributed by atoms with van der Waals surface area (Å²) in [4.78, 5) is 17.6. The van der Waals surface area contributed by atoms with Gasteiger partial charge in [-0.05, 0) is 23.8 Å². The molecular formula is C20H24F2N4O2. The second-order valence-corrected chi connectivity index (χ2v) is 6.16. The molecule has 0 bridgehead atoms. The minimum absolute atomic E-state index is 0.0540. The largest absolute Gasteiger partial charge is 0.434 e. The van der Waals surface area contributed by atoms with Crippen LogP contribution in [0.3, 0.4) is 0 Å². The molecule has 150 valence electrons. The fourth-order valence-electron chi connectivity index (χ4n) is 2.47. The van der Waals surface area contributed by atoms with Gasteiger partial charge < -0.3 is 20.3 Å². The fourth-order valence-corrected chi connectivity index (χ4v) is 2.47. The summed E-state index contributed by atoms with van der Waals surface area (Å²) in [7, 11) is 5.03. The van der Waals surface area contributed by atoms with Crippen molar-refractivity contribution in [1.82, 2.24) is 15.5 Å². The molecule has 2 N–H and O–H groups in total. The first-order valence-electron chi connectivity index (χ1n) is 8.68. The summed E-state index contributed by atoms with van der Waals surface area (Å²) in [5.74, 6) is 0.587. The zero-order valence-electron chi connectivity index (χ0n) is 16.1. The summed E-state index contributed by atoms with van der Waals surface area (Å²) >= 11 is 0. The third-order valence-electron chi connectivity index (χ3n) is 3.93. The Morgan fingerprint density at radius 2 is 1.71 bits per heavy atom. The predicted octanol–water partition coefficient (Wildman–Crippen LogP) is 2.86. The maximum atomic E-state index is 12.5. The lowest BCUT2D eigenvalue weighted by Crippen LogP contribution is -2.36. The number of nitrogens with zero attached hydrogens (tertiary/aromatic N) is 2. The molecule has 0 aliphatic rings. The van der Waals surface area contributed by atoms with E-state index in [1.165, 1.54) is 11.0 Å². The molecule has 0 aliphatic heterocycles. The summed E-state index contributed by atoms with van der Waals surface area (Å²) in [6, 6.07) is 13.9. The normalized spacial score (nSPS) is 11.3. The first-order chi connectivity index (χ1) is 13.4. The van der Waals surface area contributed by atoms with Gasteiger partial charge in [-0.25, -0.2) is 0 Å². The van der Waals surface area contributed by atoms with E-state index in [1.54, 1.807) is 51.5 Å². The number of para-hydroxylation sites is 1. The first kappa shape index (κ1) is 21.1. The Morgan fingerprint density at radius 3 is 2.32 bits per heavy atom. The van der Waals surface area contributed by atoms with Crippen molar-refractivity contribution in [2.24, 2.45) is 4.99 Å². The number of rotatable bonds is 7. The highest BCUT2D eigenvalue weighted by Crippen LogP contribution is 2.19. The second-order valence-electron chi connectivity index (χ2n) is 6.16. The fraction of sp³-hybridized carbons (Fsp3) is 0.300. The summed E-state index contributed by atoms with van der Waals surface area (Å²) in [5, 5.41) is 6.21. The van der Waals surface area contributed by atoms with Gasteiger partial charge in [0, 0.05) is 45.4 Å². The van der Waals surface area contributed by atoms with Gasteiger partial charge >= 0.3 is 6.61 Å². The number of carbonyl (C=O) groups excluding carboxylic acids is 1. The summed E-state index contributed by atoms with van der Waals surface area (Å²) in [5.41, 5.74) is 2.18. The van der Waals surface area contributed by atoms with E-state index in [-0.39, 0.29) is 18.2 Å². The number of ether oxygens (including phenoxy) is 1. The third-order valence-corrected chi connectivity index (χ3v) is 3.93. The molecule has 0 aliphatic carbocycles. The van der Waals surface area contributed by atoms with Crippen LogP contribution in [0.2, 0.25) is 0 Å². The number of benzene rings is 2. The van der Waals surface area contributed by atoms with Crippen molar-refractivity contribution >= 4 is 11.9 Å². The average Bonchev–Trinajstić information content (AvgIpc) is 2.68. The SMILES string of the molecule is CN=C(NCc1ccc(C(=O)N(C)C)cc1)NCc1ccccc1OC(F)F. The van der Waals surface area contributed by atoms with Crippen LogP contribution in [0.5, 0.6) is 5.75 Å². The molecule has 6 nitrogen and oxygen atoms in total. The zero-order valence-corrected chi connectivity index (χ0v) is 16.1. The molecule has 2 aromatic rings. The minimum atomic E-state index is -2.87. The van der Waals surface area contributed by atoms with E-state index < -0.39 is 6.61 Å². The van der Waals surface area contributed by atoms with E-state index >= 15 is 0 Å². The van der Waals surface area contributed by atoms with Crippen molar-refractivity contribution in [2.75, 3.05) is 21.1 Å². The van der Waals surface area contributed by atoms with Crippen LogP contribution in [0.25, 0.3) is 0 Å². The van der Waals surface area contributed by atoms with E-state index in [2.05, 4.69) is 20.4 Å². The van der Waals surface area contributed by atoms with Crippen LogP contribution in [0, 0.1) is 0 Å². The molecule has 0 spiro atoms. The Bertz CT molecular complexity index is 808. The number of guanidine groups is 1. The van der Waals surface area contributed by atoms with E-state index in [1.807, 2.05) is 12.1 Å². The van der Waals surface area contributed by atoms with E-state index in [4.69, 9.17) is 0 Å². The molecule has 2 aromatic carbocycles. The topological polar surface area (TPSA) is 66.0 Å². The smallest absolute Gasteiger partial charge is 0.387 e. The number of nitrogens with one attached hydrogen (secondary N) is 2. The average molecular weight is 390 g/mol. The Kier molecular flexibility index (Phi) is 7.74. The van der Waals surface area contributed by atoms with Gasteiger partial charge in [-0.2, -0.15) is 8.78 Å². The third kappa shape index (κ3) is 6.22. The molecule has 0 heterocycles. The van der Waals surface area contributed by atoms with Gasteiger partial charge in [-0.3, -0.25) is 9.79 Å². The lowest BCUT2D eigenvalue weighted by Gasteiger charge is -2.15. The Labute approximate surface area is 163 Å². The Balaban J connectivity index is 1.91. The molecule has 0 radical (unpaired) electrons. The Hall–Kier alpha value is -3.16. The summed E-state index contributed by atoms with van der Waals surface area (Å²) < 4.78 is 29.5. The summed E-state index contributed by atoms with van der Waals surface area (Å²) in [6.07, 6.45) is 0. The highest BCUT2D eigenvalue weighted by Gasteiger charge is 2.10. The van der Waals surface area contributed by atoms with Crippen LogP contribution >= 0.6 is 0 Å². The molecule has 2 rings (SSSR count). The van der Waals surface area contributed by atoms with Crippen molar-refractivity contribution in [3.8, 4) is 5.75 Å². The molecule has 0 saturated carbocycles. The van der Waals surface area contributed by atoms with E-state index in [0.29, 0.717) is 23.6 Å². The van der Waals surface area contributed by atoms with Crippen molar-refractivity contribution in [3.05, 3.63) is 65.2 Å². The first-order valence-corrected chi connectivity index (χ1v) is 8.68. The molecule has 8 heteroatoms. The van der Waals surface area contributed by atoms with Crippen molar-refractivity contribution in [3.63, 3.8) is 0 Å².